The van der Waals surface area contributed by atoms with Gasteiger partial charge in [-0.3, -0.25) is 19.5 Å². The number of rotatable bonds is 7. The van der Waals surface area contributed by atoms with Crippen LogP contribution in [0, 0.1) is 5.92 Å². The summed E-state index contributed by atoms with van der Waals surface area (Å²) in [7, 11) is 0. The fourth-order valence-electron chi connectivity index (χ4n) is 2.73. The van der Waals surface area contributed by atoms with E-state index in [1.165, 1.54) is 10.8 Å². The molecule has 1 aromatic carbocycles. The molecule has 0 aliphatic heterocycles. The number of nitrogens with zero attached hydrogens (tertiary/aromatic N) is 2. The number of halogens is 1. The van der Waals surface area contributed by atoms with Crippen molar-refractivity contribution in [2.24, 2.45) is 5.92 Å². The van der Waals surface area contributed by atoms with Gasteiger partial charge < -0.3 is 9.73 Å². The molecule has 2 aromatic heterocycles. The second-order valence-corrected chi connectivity index (χ2v) is 9.12. The summed E-state index contributed by atoms with van der Waals surface area (Å²) in [6.07, 6.45) is 1.52. The first kappa shape index (κ1) is 22.9. The number of hydrogen-bond donors (Lipinski definition) is 2. The predicted molar refractivity (Wildman–Crippen MR) is 121 cm³/mol. The van der Waals surface area contributed by atoms with Gasteiger partial charge in [0.1, 0.15) is 5.76 Å². The minimum atomic E-state index is -0.684. The van der Waals surface area contributed by atoms with Crippen molar-refractivity contribution in [1.82, 2.24) is 20.2 Å². The zero-order valence-electron chi connectivity index (χ0n) is 17.3. The molecule has 0 spiro atoms. The predicted octanol–water partition coefficient (Wildman–Crippen LogP) is 3.65. The van der Waals surface area contributed by atoms with E-state index < -0.39 is 17.2 Å². The summed E-state index contributed by atoms with van der Waals surface area (Å²) in [5.74, 6) is 0.345. The monoisotopic (exact) mass is 462 g/mol. The number of benzene rings is 1. The number of urea groups is 1. The summed E-state index contributed by atoms with van der Waals surface area (Å²) in [5.41, 5.74) is 0.154. The van der Waals surface area contributed by atoms with Crippen molar-refractivity contribution in [3.8, 4) is 0 Å². The summed E-state index contributed by atoms with van der Waals surface area (Å²) >= 11 is 7.14. The molecule has 0 fully saturated rings. The number of furan rings is 1. The molecule has 3 rings (SSSR count). The quantitative estimate of drug-likeness (QED) is 0.410. The SMILES string of the molecule is CC(C)CNC(=O)NC(=O)C(C)Sc1nc2cc(Cl)ccc2c(=O)n1Cc1ccco1. The van der Waals surface area contributed by atoms with Gasteiger partial charge in [-0.25, -0.2) is 9.78 Å². The number of carbonyl (C=O) groups is 2. The minimum absolute atomic E-state index is 0.156. The molecule has 164 valence electrons. The molecule has 2 heterocycles. The van der Waals surface area contributed by atoms with Gasteiger partial charge >= 0.3 is 6.03 Å². The maximum atomic E-state index is 13.1. The largest absolute Gasteiger partial charge is 0.467 e. The Hall–Kier alpha value is -2.78. The normalized spacial score (nSPS) is 12.2. The van der Waals surface area contributed by atoms with E-state index in [2.05, 4.69) is 15.6 Å². The average Bonchev–Trinajstić information content (AvgIpc) is 3.22. The molecule has 1 unspecified atom stereocenters. The highest BCUT2D eigenvalue weighted by molar-refractivity contribution is 8.00. The Morgan fingerprint density at radius 3 is 2.71 bits per heavy atom. The second kappa shape index (κ2) is 10.0. The lowest BCUT2D eigenvalue weighted by Gasteiger charge is -2.16. The van der Waals surface area contributed by atoms with Crippen molar-refractivity contribution >= 4 is 46.2 Å². The topological polar surface area (TPSA) is 106 Å². The van der Waals surface area contributed by atoms with Gasteiger partial charge in [-0.1, -0.05) is 37.2 Å². The van der Waals surface area contributed by atoms with Crippen molar-refractivity contribution in [2.45, 2.75) is 37.7 Å². The molecule has 8 nitrogen and oxygen atoms in total. The molecule has 0 saturated heterocycles. The molecule has 0 aliphatic rings. The lowest BCUT2D eigenvalue weighted by molar-refractivity contribution is -0.119. The van der Waals surface area contributed by atoms with E-state index in [4.69, 9.17) is 16.0 Å². The third kappa shape index (κ3) is 5.89. The number of amides is 3. The van der Waals surface area contributed by atoms with Gasteiger partial charge in [0.2, 0.25) is 5.91 Å². The fourth-order valence-corrected chi connectivity index (χ4v) is 3.80. The van der Waals surface area contributed by atoms with Gasteiger partial charge in [0.15, 0.2) is 5.16 Å². The van der Waals surface area contributed by atoms with Crippen LogP contribution in [0.5, 0.6) is 0 Å². The molecule has 3 amide bonds. The lowest BCUT2D eigenvalue weighted by Crippen LogP contribution is -2.43. The van der Waals surface area contributed by atoms with Gasteiger partial charge in [0.05, 0.1) is 29.0 Å². The van der Waals surface area contributed by atoms with Crippen LogP contribution in [0.15, 0.2) is 51.0 Å². The van der Waals surface area contributed by atoms with E-state index in [0.29, 0.717) is 33.4 Å². The first-order valence-corrected chi connectivity index (χ1v) is 11.0. The Morgan fingerprint density at radius 1 is 1.26 bits per heavy atom. The maximum absolute atomic E-state index is 13.1. The lowest BCUT2D eigenvalue weighted by atomic mass is 10.2. The number of nitrogens with one attached hydrogen (secondary N) is 2. The fraction of sp³-hybridized carbons (Fsp3) is 0.333. The third-order valence-corrected chi connectivity index (χ3v) is 5.66. The number of carbonyl (C=O) groups excluding carboxylic acids is 2. The maximum Gasteiger partial charge on any atom is 0.321 e. The molecule has 0 radical (unpaired) electrons. The van der Waals surface area contributed by atoms with Crippen LogP contribution in [0.25, 0.3) is 10.9 Å². The highest BCUT2D eigenvalue weighted by Gasteiger charge is 2.21. The van der Waals surface area contributed by atoms with Gasteiger partial charge in [0, 0.05) is 11.6 Å². The Balaban J connectivity index is 1.87. The number of aromatic nitrogens is 2. The number of fused-ring (bicyclic) bond motifs is 1. The first-order valence-electron chi connectivity index (χ1n) is 9.72. The molecule has 3 aromatic rings. The number of imide groups is 1. The smallest absolute Gasteiger partial charge is 0.321 e. The zero-order valence-corrected chi connectivity index (χ0v) is 18.9. The Morgan fingerprint density at radius 2 is 2.03 bits per heavy atom. The standard InChI is InChI=1S/C21H23ClN4O4S/c1-12(2)10-23-20(29)25-18(27)13(3)31-21-24-17-9-14(22)6-7-16(17)19(28)26(21)11-15-5-4-8-30-15/h4-9,12-13H,10-11H2,1-3H3,(H2,23,25,27,29). The zero-order chi connectivity index (χ0) is 22.5. The molecular weight excluding hydrogens is 440 g/mol. The molecule has 1 atom stereocenters. The minimum Gasteiger partial charge on any atom is -0.467 e. The van der Waals surface area contributed by atoms with Crippen LogP contribution in [0.4, 0.5) is 4.79 Å². The van der Waals surface area contributed by atoms with Crippen LogP contribution in [-0.4, -0.2) is 33.3 Å². The van der Waals surface area contributed by atoms with Gasteiger partial charge in [-0.15, -0.1) is 0 Å². The van der Waals surface area contributed by atoms with Crippen LogP contribution >= 0.6 is 23.4 Å². The van der Waals surface area contributed by atoms with Crippen molar-refractivity contribution in [2.75, 3.05) is 6.54 Å². The van der Waals surface area contributed by atoms with Crippen molar-refractivity contribution < 1.29 is 14.0 Å². The van der Waals surface area contributed by atoms with Crippen LogP contribution in [0.1, 0.15) is 26.5 Å². The van der Waals surface area contributed by atoms with Crippen LogP contribution in [0.2, 0.25) is 5.02 Å². The summed E-state index contributed by atoms with van der Waals surface area (Å²) in [6, 6.07) is 7.77. The van der Waals surface area contributed by atoms with E-state index in [1.54, 1.807) is 37.3 Å². The van der Waals surface area contributed by atoms with E-state index >= 15 is 0 Å². The Bertz CT molecular complexity index is 1140. The van der Waals surface area contributed by atoms with Gasteiger partial charge in [-0.05, 0) is 43.2 Å². The number of thioether (sulfide) groups is 1. The van der Waals surface area contributed by atoms with Crippen molar-refractivity contribution in [1.29, 1.82) is 0 Å². The number of hydrogen-bond acceptors (Lipinski definition) is 6. The average molecular weight is 463 g/mol. The van der Waals surface area contributed by atoms with Crippen molar-refractivity contribution in [3.63, 3.8) is 0 Å². The van der Waals surface area contributed by atoms with E-state index in [0.717, 1.165) is 11.8 Å². The van der Waals surface area contributed by atoms with E-state index in [9.17, 15) is 14.4 Å². The third-order valence-electron chi connectivity index (χ3n) is 4.34. The highest BCUT2D eigenvalue weighted by Crippen LogP contribution is 2.24. The Labute approximate surface area is 188 Å². The van der Waals surface area contributed by atoms with Gasteiger partial charge in [0.25, 0.3) is 5.56 Å². The second-order valence-electron chi connectivity index (χ2n) is 7.38. The van der Waals surface area contributed by atoms with Crippen LogP contribution < -0.4 is 16.2 Å². The van der Waals surface area contributed by atoms with Crippen LogP contribution in [-0.2, 0) is 11.3 Å². The summed E-state index contributed by atoms with van der Waals surface area (Å²) in [4.78, 5) is 42.1. The van der Waals surface area contributed by atoms with E-state index in [-0.39, 0.29) is 18.0 Å². The summed E-state index contributed by atoms with van der Waals surface area (Å²) < 4.78 is 6.83. The molecule has 0 aliphatic carbocycles. The highest BCUT2D eigenvalue weighted by atomic mass is 35.5. The summed E-state index contributed by atoms with van der Waals surface area (Å²) in [5, 5.41) is 5.45. The van der Waals surface area contributed by atoms with Crippen molar-refractivity contribution in [3.05, 3.63) is 57.7 Å². The van der Waals surface area contributed by atoms with E-state index in [1.807, 2.05) is 13.8 Å². The molecule has 10 heteroatoms. The first-order chi connectivity index (χ1) is 14.7. The molecule has 0 bridgehead atoms. The van der Waals surface area contributed by atoms with Crippen LogP contribution in [0.3, 0.4) is 0 Å². The molecule has 31 heavy (non-hydrogen) atoms. The molecule has 0 saturated carbocycles. The Kier molecular flexibility index (Phi) is 7.40. The molecular formula is C21H23ClN4O4S. The van der Waals surface area contributed by atoms with Gasteiger partial charge in [-0.2, -0.15) is 0 Å². The molecule has 2 N–H and O–H groups in total. The summed E-state index contributed by atoms with van der Waals surface area (Å²) in [6.45, 7) is 6.16.